The summed E-state index contributed by atoms with van der Waals surface area (Å²) in [5.41, 5.74) is 1.48. The summed E-state index contributed by atoms with van der Waals surface area (Å²) < 4.78 is 5.24. The van der Waals surface area contributed by atoms with Crippen molar-refractivity contribution in [2.24, 2.45) is 5.41 Å². The normalized spacial score (nSPS) is 21.9. The number of carbonyl (C=O) groups is 1. The van der Waals surface area contributed by atoms with E-state index in [1.165, 1.54) is 0 Å². The van der Waals surface area contributed by atoms with Crippen LogP contribution in [0.25, 0.3) is 6.08 Å². The molecule has 0 aliphatic carbocycles. The Hall–Kier alpha value is -4.42. The molecule has 33 heavy (non-hydrogen) atoms. The van der Waals surface area contributed by atoms with E-state index in [1.807, 2.05) is 47.4 Å². The fraction of sp³-hybridized carbons (Fsp3) is 0.185. The second-order valence-electron chi connectivity index (χ2n) is 8.16. The maximum Gasteiger partial charge on any atom is 0.185 e. The van der Waals surface area contributed by atoms with Crippen molar-refractivity contribution in [2.75, 3.05) is 12.0 Å². The number of Topliss-reactive ketones (excluding diaryl/α,β-unsaturated/α-hetero) is 1. The number of nitrogens with zero attached hydrogens (tertiary/aromatic N) is 4. The number of para-hydroxylation sites is 1. The fourth-order valence-corrected chi connectivity index (χ4v) is 5.09. The van der Waals surface area contributed by atoms with Crippen molar-refractivity contribution in [1.29, 1.82) is 10.5 Å². The number of aromatic nitrogens is 1. The number of benzene rings is 2. The first kappa shape index (κ1) is 20.5. The number of anilines is 1. The number of pyridine rings is 1. The largest absolute Gasteiger partial charge is 0.497 e. The first-order valence-electron chi connectivity index (χ1n) is 10.6. The number of methoxy groups -OCH3 is 1. The van der Waals surface area contributed by atoms with Crippen LogP contribution in [0.15, 0.2) is 79.1 Å². The SMILES string of the molecule is COc1ccc(C(=O)[C@@H]2[C@H](c3cccnc3)C(C#N)(C#N)[C@H]3C=Cc4ccccc4N23)cc1. The molecule has 1 fully saturated rings. The smallest absolute Gasteiger partial charge is 0.185 e. The number of hydrogen-bond donors (Lipinski definition) is 0. The highest BCUT2D eigenvalue weighted by atomic mass is 16.5. The van der Waals surface area contributed by atoms with Crippen LogP contribution in [0.4, 0.5) is 5.69 Å². The van der Waals surface area contributed by atoms with E-state index in [-0.39, 0.29) is 5.78 Å². The van der Waals surface area contributed by atoms with E-state index in [2.05, 4.69) is 17.1 Å². The van der Waals surface area contributed by atoms with Crippen LogP contribution in [0, 0.1) is 28.1 Å². The van der Waals surface area contributed by atoms with E-state index in [1.54, 1.807) is 49.8 Å². The molecule has 5 rings (SSSR count). The Morgan fingerprint density at radius 1 is 1.06 bits per heavy atom. The van der Waals surface area contributed by atoms with Crippen molar-refractivity contribution in [3.63, 3.8) is 0 Å². The molecule has 3 heterocycles. The summed E-state index contributed by atoms with van der Waals surface area (Å²) in [6, 6.07) is 21.5. The first-order valence-corrected chi connectivity index (χ1v) is 10.6. The predicted octanol–water partition coefficient (Wildman–Crippen LogP) is 4.37. The van der Waals surface area contributed by atoms with Crippen molar-refractivity contribution >= 4 is 17.5 Å². The van der Waals surface area contributed by atoms with Gasteiger partial charge in [-0.3, -0.25) is 9.78 Å². The number of nitriles is 2. The van der Waals surface area contributed by atoms with Gasteiger partial charge in [0.05, 0.1) is 25.3 Å². The van der Waals surface area contributed by atoms with Crippen LogP contribution in [-0.4, -0.2) is 30.0 Å². The van der Waals surface area contributed by atoms with Crippen molar-refractivity contribution in [2.45, 2.75) is 18.0 Å². The van der Waals surface area contributed by atoms with Gasteiger partial charge in [0, 0.05) is 29.6 Å². The Morgan fingerprint density at radius 3 is 2.48 bits per heavy atom. The third kappa shape index (κ3) is 3.00. The van der Waals surface area contributed by atoms with E-state index in [0.29, 0.717) is 16.9 Å². The van der Waals surface area contributed by atoms with Gasteiger partial charge in [0.2, 0.25) is 0 Å². The molecule has 0 unspecified atom stereocenters. The van der Waals surface area contributed by atoms with E-state index >= 15 is 0 Å². The van der Waals surface area contributed by atoms with Gasteiger partial charge >= 0.3 is 0 Å². The van der Waals surface area contributed by atoms with Crippen LogP contribution in [0.3, 0.4) is 0 Å². The Kier molecular flexibility index (Phi) is 4.92. The lowest BCUT2D eigenvalue weighted by Crippen LogP contribution is -2.44. The quantitative estimate of drug-likeness (QED) is 0.569. The van der Waals surface area contributed by atoms with Crippen LogP contribution in [0.5, 0.6) is 5.75 Å². The Bertz CT molecular complexity index is 1300. The summed E-state index contributed by atoms with van der Waals surface area (Å²) in [6.45, 7) is 0. The number of ether oxygens (including phenoxy) is 1. The topological polar surface area (TPSA) is 90.0 Å². The first-order chi connectivity index (χ1) is 16.1. The molecule has 3 atom stereocenters. The molecular weight excluding hydrogens is 412 g/mol. The van der Waals surface area contributed by atoms with Crippen LogP contribution >= 0.6 is 0 Å². The van der Waals surface area contributed by atoms with E-state index < -0.39 is 23.4 Å². The molecule has 2 aliphatic heterocycles. The number of hydrogen-bond acceptors (Lipinski definition) is 6. The molecule has 0 amide bonds. The Balaban J connectivity index is 1.75. The van der Waals surface area contributed by atoms with E-state index in [9.17, 15) is 15.3 Å². The Labute approximate surface area is 192 Å². The zero-order valence-corrected chi connectivity index (χ0v) is 17.9. The fourth-order valence-electron chi connectivity index (χ4n) is 5.09. The summed E-state index contributed by atoms with van der Waals surface area (Å²) in [6.07, 6.45) is 7.10. The predicted molar refractivity (Wildman–Crippen MR) is 123 cm³/mol. The maximum absolute atomic E-state index is 14.1. The minimum atomic E-state index is -1.47. The zero-order chi connectivity index (χ0) is 23.0. The highest BCUT2D eigenvalue weighted by Gasteiger charge is 2.63. The molecule has 6 nitrogen and oxygen atoms in total. The minimum Gasteiger partial charge on any atom is -0.497 e. The molecular formula is C27H20N4O2. The lowest BCUT2D eigenvalue weighted by molar-refractivity contribution is 0.0951. The van der Waals surface area contributed by atoms with Crippen LogP contribution in [0.2, 0.25) is 0 Å². The van der Waals surface area contributed by atoms with Gasteiger partial charge in [-0.1, -0.05) is 36.4 Å². The Morgan fingerprint density at radius 2 is 1.82 bits per heavy atom. The molecule has 0 radical (unpaired) electrons. The molecule has 1 saturated heterocycles. The average molecular weight is 432 g/mol. The number of rotatable bonds is 4. The number of carbonyl (C=O) groups excluding carboxylic acids is 1. The maximum atomic E-state index is 14.1. The minimum absolute atomic E-state index is 0.158. The lowest BCUT2D eigenvalue weighted by atomic mass is 9.69. The molecule has 1 aromatic heterocycles. The van der Waals surface area contributed by atoms with Crippen LogP contribution in [-0.2, 0) is 0 Å². The highest BCUT2D eigenvalue weighted by molar-refractivity contribution is 6.04. The number of ketones is 1. The molecule has 160 valence electrons. The monoisotopic (exact) mass is 432 g/mol. The molecule has 0 N–H and O–H groups in total. The van der Waals surface area contributed by atoms with Gasteiger partial charge in [-0.2, -0.15) is 10.5 Å². The van der Waals surface area contributed by atoms with Gasteiger partial charge in [0.1, 0.15) is 11.8 Å². The van der Waals surface area contributed by atoms with Gasteiger partial charge in [-0.15, -0.1) is 0 Å². The highest BCUT2D eigenvalue weighted by Crippen LogP contribution is 2.55. The summed E-state index contributed by atoms with van der Waals surface area (Å²) in [4.78, 5) is 20.3. The third-order valence-corrected chi connectivity index (χ3v) is 6.60. The second kappa shape index (κ2) is 7.93. The van der Waals surface area contributed by atoms with Gasteiger partial charge in [-0.05, 0) is 47.5 Å². The van der Waals surface area contributed by atoms with Gasteiger partial charge in [0.15, 0.2) is 11.2 Å². The molecule has 6 heteroatoms. The average Bonchev–Trinajstić information content (AvgIpc) is 3.20. The molecule has 2 aliphatic rings. The molecule has 0 saturated carbocycles. The van der Waals surface area contributed by atoms with Gasteiger partial charge in [0.25, 0.3) is 0 Å². The molecule has 3 aromatic rings. The zero-order valence-electron chi connectivity index (χ0n) is 17.9. The molecule has 2 aromatic carbocycles. The summed E-state index contributed by atoms with van der Waals surface area (Å²) >= 11 is 0. The molecule has 0 spiro atoms. The van der Waals surface area contributed by atoms with Crippen molar-refractivity contribution < 1.29 is 9.53 Å². The van der Waals surface area contributed by atoms with Crippen LogP contribution < -0.4 is 9.64 Å². The van der Waals surface area contributed by atoms with E-state index in [0.717, 1.165) is 11.3 Å². The van der Waals surface area contributed by atoms with Crippen molar-refractivity contribution in [3.05, 3.63) is 95.8 Å². The van der Waals surface area contributed by atoms with Crippen LogP contribution in [0.1, 0.15) is 27.4 Å². The standard InChI is InChI=1S/C27H20N4O2/c1-33-21-11-8-19(9-12-21)26(32)25-24(20-6-4-14-30-15-20)27(16-28,17-29)23-13-10-18-5-2-3-7-22(18)31(23)25/h2-15,23-25H,1H3/t23-,24+,25+/m1/s1. The lowest BCUT2D eigenvalue weighted by Gasteiger charge is -2.35. The van der Waals surface area contributed by atoms with Gasteiger partial charge < -0.3 is 9.64 Å². The van der Waals surface area contributed by atoms with Gasteiger partial charge in [-0.25, -0.2) is 0 Å². The summed E-state index contributed by atoms with van der Waals surface area (Å²) in [5.74, 6) is -0.208. The van der Waals surface area contributed by atoms with Crippen molar-refractivity contribution in [1.82, 2.24) is 4.98 Å². The van der Waals surface area contributed by atoms with Crippen molar-refractivity contribution in [3.8, 4) is 17.9 Å². The summed E-state index contributed by atoms with van der Waals surface area (Å²) in [7, 11) is 1.57. The second-order valence-corrected chi connectivity index (χ2v) is 8.16. The third-order valence-electron chi connectivity index (χ3n) is 6.60. The number of fused-ring (bicyclic) bond motifs is 3. The van der Waals surface area contributed by atoms with E-state index in [4.69, 9.17) is 4.74 Å². The molecule has 0 bridgehead atoms. The summed E-state index contributed by atoms with van der Waals surface area (Å²) in [5, 5.41) is 20.8.